The number of rotatable bonds is 6. The summed E-state index contributed by atoms with van der Waals surface area (Å²) in [5.41, 5.74) is 0. The molecule has 1 unspecified atom stereocenters. The Balaban J connectivity index is 0.00000361. The molecule has 1 heterocycles. The molecule has 0 spiro atoms. The van der Waals surface area contributed by atoms with E-state index in [-0.39, 0.29) is 24.0 Å². The van der Waals surface area contributed by atoms with Gasteiger partial charge in [-0.2, -0.15) is 0 Å². The minimum atomic E-state index is 0. The highest BCUT2D eigenvalue weighted by Gasteiger charge is 2.08. The molecule has 1 aromatic heterocycles. The van der Waals surface area contributed by atoms with Gasteiger partial charge in [0.25, 0.3) is 0 Å². The predicted octanol–water partition coefficient (Wildman–Crippen LogP) is 4.03. The first-order valence-electron chi connectivity index (χ1n) is 7.19. The molecule has 1 rings (SSSR count). The van der Waals surface area contributed by atoms with Crippen molar-refractivity contribution >= 4 is 41.3 Å². The summed E-state index contributed by atoms with van der Waals surface area (Å²) in [7, 11) is 0. The molecule has 0 saturated heterocycles. The highest BCUT2D eigenvalue weighted by atomic mass is 127. The summed E-state index contributed by atoms with van der Waals surface area (Å²) in [5.74, 6) is 1.51. The van der Waals surface area contributed by atoms with Crippen molar-refractivity contribution in [3.63, 3.8) is 0 Å². The monoisotopic (exact) mass is 409 g/mol. The molecule has 116 valence electrons. The van der Waals surface area contributed by atoms with Gasteiger partial charge in [0.1, 0.15) is 0 Å². The van der Waals surface area contributed by atoms with Crippen LogP contribution < -0.4 is 10.6 Å². The topological polar surface area (TPSA) is 36.4 Å². The van der Waals surface area contributed by atoms with Crippen LogP contribution in [0.15, 0.2) is 17.1 Å². The van der Waals surface area contributed by atoms with Gasteiger partial charge in [-0.25, -0.2) is 4.99 Å². The molecule has 0 aliphatic carbocycles. The Kier molecular flexibility index (Phi) is 10.3. The molecule has 5 heteroatoms. The maximum Gasteiger partial charge on any atom is 0.191 e. The fraction of sp³-hybridized carbons (Fsp3) is 0.667. The molecule has 1 aromatic rings. The van der Waals surface area contributed by atoms with Crippen LogP contribution in [-0.4, -0.2) is 18.5 Å². The molecule has 0 aromatic carbocycles. The number of hydrogen-bond acceptors (Lipinski definition) is 2. The van der Waals surface area contributed by atoms with Gasteiger partial charge in [-0.05, 0) is 38.3 Å². The van der Waals surface area contributed by atoms with Crippen molar-refractivity contribution in [1.29, 1.82) is 0 Å². The van der Waals surface area contributed by atoms with Crippen LogP contribution in [0.25, 0.3) is 0 Å². The number of nitrogens with one attached hydrogen (secondary N) is 2. The first kappa shape index (κ1) is 19.7. The first-order valence-corrected chi connectivity index (χ1v) is 8.00. The van der Waals surface area contributed by atoms with E-state index in [0.717, 1.165) is 25.5 Å². The molecular formula is C15H28IN3S. The Morgan fingerprint density at radius 3 is 2.35 bits per heavy atom. The van der Waals surface area contributed by atoms with Crippen LogP contribution in [0.5, 0.6) is 0 Å². The zero-order valence-electron chi connectivity index (χ0n) is 13.2. The largest absolute Gasteiger partial charge is 0.357 e. The number of aryl methyl sites for hydroxylation is 1. The van der Waals surface area contributed by atoms with Crippen LogP contribution in [0.3, 0.4) is 0 Å². The third-order valence-corrected chi connectivity index (χ3v) is 4.38. The van der Waals surface area contributed by atoms with Crippen molar-refractivity contribution in [3.8, 4) is 0 Å². The molecule has 0 aliphatic heterocycles. The highest BCUT2D eigenvalue weighted by Crippen LogP contribution is 2.17. The van der Waals surface area contributed by atoms with Crippen LogP contribution in [0, 0.1) is 5.92 Å². The first-order chi connectivity index (χ1) is 9.06. The van der Waals surface area contributed by atoms with E-state index < -0.39 is 0 Å². The van der Waals surface area contributed by atoms with E-state index >= 15 is 0 Å². The second-order valence-corrected chi connectivity index (χ2v) is 6.35. The Morgan fingerprint density at radius 2 is 1.85 bits per heavy atom. The average molecular weight is 409 g/mol. The number of hydrogen-bond donors (Lipinski definition) is 2. The van der Waals surface area contributed by atoms with Crippen molar-refractivity contribution in [3.05, 3.63) is 21.9 Å². The van der Waals surface area contributed by atoms with Crippen LogP contribution in [0.4, 0.5) is 0 Å². The zero-order chi connectivity index (χ0) is 14.3. The van der Waals surface area contributed by atoms with E-state index in [0.29, 0.717) is 12.0 Å². The number of thiophene rings is 1. The lowest BCUT2D eigenvalue weighted by Gasteiger charge is -2.20. The quantitative estimate of drug-likeness (QED) is 0.423. The summed E-state index contributed by atoms with van der Waals surface area (Å²) in [5, 5.41) is 6.75. The van der Waals surface area contributed by atoms with Crippen molar-refractivity contribution in [2.45, 2.75) is 53.6 Å². The lowest BCUT2D eigenvalue weighted by atomic mass is 10.1. The smallest absolute Gasteiger partial charge is 0.191 e. The summed E-state index contributed by atoms with van der Waals surface area (Å²) in [6, 6.07) is 4.81. The van der Waals surface area contributed by atoms with Crippen LogP contribution >= 0.6 is 35.3 Å². The van der Waals surface area contributed by atoms with Crippen LogP contribution in [0.2, 0.25) is 0 Å². The second kappa shape index (κ2) is 10.4. The minimum Gasteiger partial charge on any atom is -0.357 e. The van der Waals surface area contributed by atoms with Gasteiger partial charge in [0.15, 0.2) is 5.96 Å². The van der Waals surface area contributed by atoms with E-state index in [1.807, 2.05) is 11.3 Å². The molecule has 0 fully saturated rings. The number of guanidine groups is 1. The second-order valence-electron chi connectivity index (χ2n) is 5.09. The molecular weight excluding hydrogens is 381 g/mol. The SMILES string of the molecule is CCNC(=NCc1ccc(CC)s1)NC(C)C(C)C.I. The van der Waals surface area contributed by atoms with Gasteiger partial charge in [0, 0.05) is 22.3 Å². The fourth-order valence-corrected chi connectivity index (χ4v) is 2.44. The highest BCUT2D eigenvalue weighted by molar-refractivity contribution is 14.0. The van der Waals surface area contributed by atoms with Gasteiger partial charge in [0.2, 0.25) is 0 Å². The third kappa shape index (κ3) is 6.92. The Hall–Kier alpha value is -0.300. The molecule has 1 atom stereocenters. The lowest BCUT2D eigenvalue weighted by molar-refractivity contribution is 0.481. The van der Waals surface area contributed by atoms with E-state index in [9.17, 15) is 0 Å². The Bertz CT molecular complexity index is 402. The van der Waals surface area contributed by atoms with Crippen molar-refractivity contribution in [2.24, 2.45) is 10.9 Å². The lowest BCUT2D eigenvalue weighted by Crippen LogP contribution is -2.44. The summed E-state index contributed by atoms with van der Waals surface area (Å²) in [6.07, 6.45) is 1.11. The van der Waals surface area contributed by atoms with Crippen molar-refractivity contribution in [1.82, 2.24) is 10.6 Å². The van der Waals surface area contributed by atoms with Gasteiger partial charge in [0.05, 0.1) is 6.54 Å². The predicted molar refractivity (Wildman–Crippen MR) is 101 cm³/mol. The van der Waals surface area contributed by atoms with E-state index in [2.05, 4.69) is 62.4 Å². The molecule has 3 nitrogen and oxygen atoms in total. The molecule has 20 heavy (non-hydrogen) atoms. The summed E-state index contributed by atoms with van der Waals surface area (Å²) in [6.45, 7) is 12.6. The van der Waals surface area contributed by atoms with Gasteiger partial charge < -0.3 is 10.6 Å². The Labute approximate surface area is 144 Å². The van der Waals surface area contributed by atoms with E-state index in [1.165, 1.54) is 9.75 Å². The van der Waals surface area contributed by atoms with Crippen LogP contribution in [0.1, 0.15) is 44.4 Å². The van der Waals surface area contributed by atoms with E-state index in [4.69, 9.17) is 0 Å². The number of aliphatic imine (C=N–C) groups is 1. The number of halogens is 1. The van der Waals surface area contributed by atoms with Crippen LogP contribution in [-0.2, 0) is 13.0 Å². The average Bonchev–Trinajstić information content (AvgIpc) is 2.84. The summed E-state index contributed by atoms with van der Waals surface area (Å²) in [4.78, 5) is 7.41. The van der Waals surface area contributed by atoms with Gasteiger partial charge in [-0.15, -0.1) is 35.3 Å². The maximum absolute atomic E-state index is 4.66. The molecule has 0 saturated carbocycles. The summed E-state index contributed by atoms with van der Waals surface area (Å²) >= 11 is 1.86. The maximum atomic E-state index is 4.66. The standard InChI is InChI=1S/C15H27N3S.HI/c1-6-13-8-9-14(19-13)10-17-15(16-7-2)18-12(5)11(3)4;/h8-9,11-12H,6-7,10H2,1-5H3,(H2,16,17,18);1H. The van der Waals surface area contributed by atoms with Crippen molar-refractivity contribution < 1.29 is 0 Å². The molecule has 0 amide bonds. The third-order valence-electron chi connectivity index (χ3n) is 3.17. The van der Waals surface area contributed by atoms with Gasteiger partial charge >= 0.3 is 0 Å². The summed E-state index contributed by atoms with van der Waals surface area (Å²) < 4.78 is 0. The van der Waals surface area contributed by atoms with Gasteiger partial charge in [-0.3, -0.25) is 0 Å². The normalized spacial score (nSPS) is 13.0. The molecule has 0 bridgehead atoms. The molecule has 0 aliphatic rings. The Morgan fingerprint density at radius 1 is 1.20 bits per heavy atom. The molecule has 2 N–H and O–H groups in total. The number of nitrogens with zero attached hydrogens (tertiary/aromatic N) is 1. The zero-order valence-corrected chi connectivity index (χ0v) is 16.3. The minimum absolute atomic E-state index is 0. The molecule has 0 radical (unpaired) electrons. The van der Waals surface area contributed by atoms with Gasteiger partial charge in [-0.1, -0.05) is 20.8 Å². The van der Waals surface area contributed by atoms with Crippen molar-refractivity contribution in [2.75, 3.05) is 6.54 Å². The van der Waals surface area contributed by atoms with E-state index in [1.54, 1.807) is 0 Å². The fourth-order valence-electron chi connectivity index (χ4n) is 1.56.